The van der Waals surface area contributed by atoms with E-state index in [-0.39, 0.29) is 11.5 Å². The van der Waals surface area contributed by atoms with E-state index in [1.165, 1.54) is 12.3 Å². The number of aromatic nitrogens is 2. The van der Waals surface area contributed by atoms with Crippen molar-refractivity contribution in [1.29, 1.82) is 0 Å². The van der Waals surface area contributed by atoms with Gasteiger partial charge in [0.15, 0.2) is 5.82 Å². The summed E-state index contributed by atoms with van der Waals surface area (Å²) in [7, 11) is 0. The second-order valence-electron chi connectivity index (χ2n) is 8.51. The average Bonchev–Trinajstić information content (AvgIpc) is 3.41. The smallest absolute Gasteiger partial charge is 0.476 e. The summed E-state index contributed by atoms with van der Waals surface area (Å²) in [5.41, 5.74) is 0.862. The fraction of sp³-hybridized carbons (Fsp3) is 0.545. The maximum Gasteiger partial charge on any atom is 0.490 e. The SMILES string of the molecule is Cc1cc(CN2CC3(C2)OCCC3CCOc2ncccc2F)no1.O=C(O)C(F)(F)F.O=C(O)C(F)(F)F. The molecule has 0 bridgehead atoms. The third-order valence-corrected chi connectivity index (χ3v) is 5.56. The van der Waals surface area contributed by atoms with Crippen molar-refractivity contribution in [2.75, 3.05) is 26.3 Å². The summed E-state index contributed by atoms with van der Waals surface area (Å²) in [5.74, 6) is -4.60. The van der Waals surface area contributed by atoms with Crippen molar-refractivity contribution in [1.82, 2.24) is 15.0 Å². The number of alkyl halides is 6. The molecular formula is C22H24F7N3O7. The molecular weight excluding hydrogens is 551 g/mol. The van der Waals surface area contributed by atoms with E-state index in [1.807, 2.05) is 13.0 Å². The van der Waals surface area contributed by atoms with Gasteiger partial charge in [0.25, 0.3) is 0 Å². The van der Waals surface area contributed by atoms with Crippen molar-refractivity contribution >= 4 is 11.9 Å². The molecule has 1 unspecified atom stereocenters. The number of carbonyl (C=O) groups is 2. The van der Waals surface area contributed by atoms with Crippen LogP contribution in [0.5, 0.6) is 5.88 Å². The lowest BCUT2D eigenvalue weighted by atomic mass is 9.79. The predicted molar refractivity (Wildman–Crippen MR) is 115 cm³/mol. The Kier molecular flexibility index (Phi) is 10.6. The van der Waals surface area contributed by atoms with Crippen molar-refractivity contribution in [2.45, 2.75) is 44.3 Å². The Balaban J connectivity index is 0.000000317. The van der Waals surface area contributed by atoms with Gasteiger partial charge in [0.05, 0.1) is 17.9 Å². The number of rotatable bonds is 6. The molecule has 218 valence electrons. The molecule has 2 aliphatic rings. The summed E-state index contributed by atoms with van der Waals surface area (Å²) in [6.45, 7) is 5.69. The van der Waals surface area contributed by atoms with Crippen molar-refractivity contribution in [3.8, 4) is 5.88 Å². The summed E-state index contributed by atoms with van der Waals surface area (Å²) in [6, 6.07) is 4.88. The maximum atomic E-state index is 13.5. The van der Waals surface area contributed by atoms with Crippen LogP contribution in [0.1, 0.15) is 24.3 Å². The quantitative estimate of drug-likeness (QED) is 0.489. The highest BCUT2D eigenvalue weighted by molar-refractivity contribution is 5.73. The molecule has 2 saturated heterocycles. The van der Waals surface area contributed by atoms with Crippen molar-refractivity contribution in [2.24, 2.45) is 5.92 Å². The third kappa shape index (κ3) is 9.65. The first-order valence-electron chi connectivity index (χ1n) is 11.2. The van der Waals surface area contributed by atoms with E-state index >= 15 is 0 Å². The summed E-state index contributed by atoms with van der Waals surface area (Å²) < 4.78 is 93.7. The molecule has 2 aliphatic heterocycles. The van der Waals surface area contributed by atoms with E-state index in [9.17, 15) is 30.7 Å². The van der Waals surface area contributed by atoms with E-state index in [4.69, 9.17) is 33.8 Å². The standard InChI is InChI=1S/C18H22FN3O3.2C2HF3O2/c1-13-9-15(21-25-13)10-22-11-18(12-22)14(5-8-24-18)4-7-23-17-16(19)3-2-6-20-17;2*3-2(4,5)1(6)7/h2-3,6,9,14H,4-5,7-8,10-12H2,1H3;2*(H,6,7). The molecule has 2 aromatic heterocycles. The van der Waals surface area contributed by atoms with Crippen LogP contribution in [0.2, 0.25) is 0 Å². The first kappa shape index (κ1) is 31.7. The minimum absolute atomic E-state index is 0.0760. The Morgan fingerprint density at radius 2 is 1.74 bits per heavy atom. The van der Waals surface area contributed by atoms with Gasteiger partial charge in [-0.25, -0.2) is 19.0 Å². The number of aryl methyl sites for hydroxylation is 1. The lowest BCUT2D eigenvalue weighted by Gasteiger charge is -2.50. The zero-order valence-electron chi connectivity index (χ0n) is 20.3. The number of nitrogens with zero attached hydrogens (tertiary/aromatic N) is 3. The number of hydrogen-bond donors (Lipinski definition) is 2. The van der Waals surface area contributed by atoms with Crippen LogP contribution in [0.4, 0.5) is 30.7 Å². The van der Waals surface area contributed by atoms with Gasteiger partial charge < -0.3 is 24.2 Å². The normalized spacial score (nSPS) is 18.3. The lowest BCUT2D eigenvalue weighted by Crippen LogP contribution is -2.64. The van der Waals surface area contributed by atoms with E-state index < -0.39 is 30.1 Å². The Morgan fingerprint density at radius 1 is 1.15 bits per heavy atom. The topological polar surface area (TPSA) is 135 Å². The van der Waals surface area contributed by atoms with Crippen LogP contribution in [0.25, 0.3) is 0 Å². The molecule has 0 saturated carbocycles. The number of hydrogen-bond acceptors (Lipinski definition) is 8. The molecule has 17 heteroatoms. The van der Waals surface area contributed by atoms with Gasteiger partial charge in [-0.2, -0.15) is 26.3 Å². The zero-order chi connectivity index (χ0) is 29.4. The largest absolute Gasteiger partial charge is 0.490 e. The predicted octanol–water partition coefficient (Wildman–Crippen LogP) is 3.84. The number of ether oxygens (including phenoxy) is 2. The van der Waals surface area contributed by atoms with E-state index in [2.05, 4.69) is 15.0 Å². The van der Waals surface area contributed by atoms with Crippen LogP contribution < -0.4 is 4.74 Å². The molecule has 2 aromatic rings. The van der Waals surface area contributed by atoms with Crippen LogP contribution in [0.15, 0.2) is 28.9 Å². The molecule has 10 nitrogen and oxygen atoms in total. The highest BCUT2D eigenvalue weighted by Gasteiger charge is 2.52. The summed E-state index contributed by atoms with van der Waals surface area (Å²) >= 11 is 0. The number of pyridine rings is 1. The van der Waals surface area contributed by atoms with E-state index in [1.54, 1.807) is 6.07 Å². The van der Waals surface area contributed by atoms with Gasteiger partial charge in [0.1, 0.15) is 5.76 Å². The fourth-order valence-corrected chi connectivity index (χ4v) is 3.86. The first-order chi connectivity index (χ1) is 18.0. The molecule has 0 radical (unpaired) electrons. The van der Waals surface area contributed by atoms with Crippen LogP contribution >= 0.6 is 0 Å². The van der Waals surface area contributed by atoms with Gasteiger partial charge >= 0.3 is 24.3 Å². The molecule has 1 atom stereocenters. The zero-order valence-corrected chi connectivity index (χ0v) is 20.3. The highest BCUT2D eigenvalue weighted by Crippen LogP contribution is 2.42. The van der Waals surface area contributed by atoms with Crippen LogP contribution in [-0.2, 0) is 20.9 Å². The molecule has 0 aromatic carbocycles. The molecule has 4 rings (SSSR count). The molecule has 1 spiro atoms. The van der Waals surface area contributed by atoms with Crippen LogP contribution in [-0.4, -0.2) is 81.4 Å². The van der Waals surface area contributed by atoms with Crippen molar-refractivity contribution in [3.63, 3.8) is 0 Å². The second kappa shape index (κ2) is 13.1. The van der Waals surface area contributed by atoms with Crippen molar-refractivity contribution in [3.05, 3.63) is 41.7 Å². The first-order valence-corrected chi connectivity index (χ1v) is 11.2. The number of likely N-dealkylation sites (tertiary alicyclic amines) is 1. The number of carboxylic acid groups (broad SMARTS) is 2. The van der Waals surface area contributed by atoms with Gasteiger partial charge in [-0.1, -0.05) is 5.16 Å². The number of halogens is 7. The Hall–Kier alpha value is -3.47. The van der Waals surface area contributed by atoms with Crippen LogP contribution in [0, 0.1) is 18.7 Å². The lowest BCUT2D eigenvalue weighted by molar-refractivity contribution is -0.193. The highest BCUT2D eigenvalue weighted by atomic mass is 19.4. The third-order valence-electron chi connectivity index (χ3n) is 5.56. The molecule has 4 heterocycles. The van der Waals surface area contributed by atoms with Crippen LogP contribution in [0.3, 0.4) is 0 Å². The van der Waals surface area contributed by atoms with Gasteiger partial charge in [-0.15, -0.1) is 0 Å². The Bertz CT molecular complexity index is 1080. The maximum absolute atomic E-state index is 13.5. The van der Waals surface area contributed by atoms with E-state index in [0.717, 1.165) is 50.5 Å². The number of aliphatic carboxylic acids is 2. The second-order valence-corrected chi connectivity index (χ2v) is 8.51. The average molecular weight is 575 g/mol. The van der Waals surface area contributed by atoms with Gasteiger partial charge in [-0.05, 0) is 37.8 Å². The molecule has 0 aliphatic carbocycles. The monoisotopic (exact) mass is 575 g/mol. The minimum Gasteiger partial charge on any atom is -0.476 e. The number of carboxylic acids is 2. The summed E-state index contributed by atoms with van der Waals surface area (Å²) in [5, 5.41) is 18.3. The fourth-order valence-electron chi connectivity index (χ4n) is 3.86. The molecule has 2 N–H and O–H groups in total. The summed E-state index contributed by atoms with van der Waals surface area (Å²) in [6.07, 6.45) is -6.77. The van der Waals surface area contributed by atoms with Gasteiger partial charge in [0.2, 0.25) is 5.88 Å². The minimum atomic E-state index is -5.08. The Labute approximate surface area is 216 Å². The molecule has 39 heavy (non-hydrogen) atoms. The molecule has 2 fully saturated rings. The summed E-state index contributed by atoms with van der Waals surface area (Å²) in [4.78, 5) is 24.0. The van der Waals surface area contributed by atoms with Gasteiger partial charge in [0, 0.05) is 38.5 Å². The van der Waals surface area contributed by atoms with Crippen molar-refractivity contribution < 1.29 is 64.5 Å². The van der Waals surface area contributed by atoms with E-state index in [0.29, 0.717) is 12.5 Å². The Morgan fingerprint density at radius 3 is 2.23 bits per heavy atom. The van der Waals surface area contributed by atoms with Gasteiger partial charge in [-0.3, -0.25) is 4.90 Å². The molecule has 0 amide bonds.